The van der Waals surface area contributed by atoms with Gasteiger partial charge in [-0.15, -0.1) is 0 Å². The van der Waals surface area contributed by atoms with Crippen molar-refractivity contribution in [2.45, 2.75) is 71.6 Å². The minimum atomic E-state index is -0.0862. The molecule has 0 unspecified atom stereocenters. The third kappa shape index (κ3) is 4.09. The number of hydrogen-bond donors (Lipinski definition) is 0. The number of hydrogen-bond acceptors (Lipinski definition) is 3. The number of anilines is 2. The maximum absolute atomic E-state index is 13.6. The van der Waals surface area contributed by atoms with Crippen molar-refractivity contribution in [3.8, 4) is 0 Å². The number of carbonyl (C=O) groups is 1. The summed E-state index contributed by atoms with van der Waals surface area (Å²) in [7, 11) is 0. The number of allylic oxidation sites excluding steroid dienone is 8. The van der Waals surface area contributed by atoms with E-state index in [4.69, 9.17) is 0 Å². The standard InChI is InChI=1S/C34H40N2O/c1-7-35-28-18-11-9-16-26(28)33(3,4)30(35)22-20-24-14-13-15-25(32(24)37)21-23-31-34(5,6)27-17-10-12-19-29(27)36(31)8-2/h9-12,16-23H,7-8,13-15H2,1-6H3/b24-20+,25-21?,30-22+,31-23?. The fourth-order valence-corrected chi connectivity index (χ4v) is 6.54. The maximum Gasteiger partial charge on any atom is 0.184 e. The van der Waals surface area contributed by atoms with Gasteiger partial charge in [0.15, 0.2) is 5.78 Å². The summed E-state index contributed by atoms with van der Waals surface area (Å²) < 4.78 is 0. The molecule has 1 saturated carbocycles. The second-order valence-corrected chi connectivity index (χ2v) is 11.4. The van der Waals surface area contributed by atoms with Gasteiger partial charge in [0, 0.05) is 46.7 Å². The second-order valence-electron chi connectivity index (χ2n) is 11.4. The molecule has 3 heteroatoms. The molecule has 192 valence electrons. The van der Waals surface area contributed by atoms with Crippen molar-refractivity contribution in [2.24, 2.45) is 0 Å². The van der Waals surface area contributed by atoms with Crippen LogP contribution in [0.5, 0.6) is 0 Å². The van der Waals surface area contributed by atoms with Crippen LogP contribution in [-0.2, 0) is 15.6 Å². The highest BCUT2D eigenvalue weighted by Gasteiger charge is 2.40. The summed E-state index contributed by atoms with van der Waals surface area (Å²) in [6.07, 6.45) is 11.3. The number of likely N-dealkylation sites (N-methyl/N-ethyl adjacent to an activating group) is 2. The second kappa shape index (κ2) is 9.52. The number of rotatable bonds is 4. The van der Waals surface area contributed by atoms with E-state index < -0.39 is 0 Å². The summed E-state index contributed by atoms with van der Waals surface area (Å²) in [5.41, 5.74) is 9.46. The zero-order chi connectivity index (χ0) is 26.4. The lowest BCUT2D eigenvalue weighted by Gasteiger charge is -2.26. The van der Waals surface area contributed by atoms with Crippen LogP contribution in [0.4, 0.5) is 11.4 Å². The molecule has 1 fully saturated rings. The minimum Gasteiger partial charge on any atom is -0.344 e. The molecule has 2 aliphatic heterocycles. The fraction of sp³-hybridized carbons (Fsp3) is 0.382. The summed E-state index contributed by atoms with van der Waals surface area (Å²) in [6, 6.07) is 17.3. The fourth-order valence-electron chi connectivity index (χ4n) is 6.54. The molecule has 0 atom stereocenters. The van der Waals surface area contributed by atoms with Crippen LogP contribution in [0.2, 0.25) is 0 Å². The molecule has 2 aromatic rings. The first kappa shape index (κ1) is 25.3. The van der Waals surface area contributed by atoms with Crippen molar-refractivity contribution in [2.75, 3.05) is 22.9 Å². The Morgan fingerprint density at radius 1 is 0.676 bits per heavy atom. The summed E-state index contributed by atoms with van der Waals surface area (Å²) >= 11 is 0. The quantitative estimate of drug-likeness (QED) is 0.404. The zero-order valence-corrected chi connectivity index (χ0v) is 23.3. The van der Waals surface area contributed by atoms with Crippen LogP contribution in [0.15, 0.2) is 95.4 Å². The van der Waals surface area contributed by atoms with E-state index in [0.717, 1.165) is 43.5 Å². The van der Waals surface area contributed by atoms with E-state index in [1.807, 2.05) is 0 Å². The van der Waals surface area contributed by atoms with E-state index >= 15 is 0 Å². The maximum atomic E-state index is 13.6. The lowest BCUT2D eigenvalue weighted by Crippen LogP contribution is -2.26. The molecule has 0 aromatic heterocycles. The molecule has 2 aromatic carbocycles. The third-order valence-corrected chi connectivity index (χ3v) is 8.59. The van der Waals surface area contributed by atoms with Gasteiger partial charge in [-0.25, -0.2) is 0 Å². The topological polar surface area (TPSA) is 23.6 Å². The van der Waals surface area contributed by atoms with Crippen molar-refractivity contribution >= 4 is 17.2 Å². The summed E-state index contributed by atoms with van der Waals surface area (Å²) in [4.78, 5) is 18.4. The van der Waals surface area contributed by atoms with Crippen LogP contribution >= 0.6 is 0 Å². The molecule has 0 N–H and O–H groups in total. The minimum absolute atomic E-state index is 0.0862. The molecule has 3 aliphatic rings. The van der Waals surface area contributed by atoms with E-state index in [2.05, 4.69) is 124 Å². The first-order valence-corrected chi connectivity index (χ1v) is 13.8. The summed E-state index contributed by atoms with van der Waals surface area (Å²) in [5, 5.41) is 0. The number of ketones is 1. The van der Waals surface area contributed by atoms with E-state index in [0.29, 0.717) is 0 Å². The Bertz CT molecular complexity index is 1250. The van der Waals surface area contributed by atoms with Gasteiger partial charge in [-0.2, -0.15) is 0 Å². The Morgan fingerprint density at radius 3 is 1.49 bits per heavy atom. The summed E-state index contributed by atoms with van der Waals surface area (Å²) in [5.74, 6) is 0.202. The Labute approximate surface area is 222 Å². The molecule has 0 saturated heterocycles. The number of para-hydroxylation sites is 2. The number of benzene rings is 2. The molecule has 1 aliphatic carbocycles. The van der Waals surface area contributed by atoms with Gasteiger partial charge in [-0.05, 0) is 79.7 Å². The monoisotopic (exact) mass is 492 g/mol. The van der Waals surface area contributed by atoms with Gasteiger partial charge < -0.3 is 9.80 Å². The van der Waals surface area contributed by atoms with Crippen molar-refractivity contribution < 1.29 is 4.79 Å². The molecule has 37 heavy (non-hydrogen) atoms. The predicted octanol–water partition coefficient (Wildman–Crippen LogP) is 8.00. The smallest absolute Gasteiger partial charge is 0.184 e. The molecule has 0 amide bonds. The van der Waals surface area contributed by atoms with Crippen LogP contribution < -0.4 is 9.80 Å². The average Bonchev–Trinajstić information content (AvgIpc) is 3.25. The average molecular weight is 493 g/mol. The Morgan fingerprint density at radius 2 is 1.08 bits per heavy atom. The number of Topliss-reactive ketones (excluding diaryl/α,β-unsaturated/α-hetero) is 1. The van der Waals surface area contributed by atoms with E-state index in [-0.39, 0.29) is 16.6 Å². The highest BCUT2D eigenvalue weighted by atomic mass is 16.1. The molecule has 5 rings (SSSR count). The van der Waals surface area contributed by atoms with Gasteiger partial charge in [0.1, 0.15) is 0 Å². The number of nitrogens with zero attached hydrogens (tertiary/aromatic N) is 2. The number of carbonyl (C=O) groups excluding carboxylic acids is 1. The molecule has 0 spiro atoms. The first-order valence-electron chi connectivity index (χ1n) is 13.8. The lowest BCUT2D eigenvalue weighted by molar-refractivity contribution is -0.113. The van der Waals surface area contributed by atoms with Crippen molar-refractivity contribution in [1.82, 2.24) is 0 Å². The van der Waals surface area contributed by atoms with Gasteiger partial charge in [0.05, 0.1) is 0 Å². The van der Waals surface area contributed by atoms with Gasteiger partial charge in [0.25, 0.3) is 0 Å². The van der Waals surface area contributed by atoms with Crippen molar-refractivity contribution in [3.05, 3.63) is 107 Å². The van der Waals surface area contributed by atoms with Gasteiger partial charge in [-0.3, -0.25) is 4.79 Å². The van der Waals surface area contributed by atoms with Crippen LogP contribution in [0.1, 0.15) is 71.9 Å². The molecular formula is C34H40N2O. The van der Waals surface area contributed by atoms with Crippen LogP contribution in [0.25, 0.3) is 0 Å². The van der Waals surface area contributed by atoms with Gasteiger partial charge in [-0.1, -0.05) is 76.2 Å². The van der Waals surface area contributed by atoms with E-state index in [9.17, 15) is 4.79 Å². The highest BCUT2D eigenvalue weighted by Crippen LogP contribution is 2.48. The normalized spacial score (nSPS) is 24.4. The lowest BCUT2D eigenvalue weighted by atomic mass is 9.82. The molecular weight excluding hydrogens is 452 g/mol. The Hall–Kier alpha value is -3.33. The van der Waals surface area contributed by atoms with Crippen molar-refractivity contribution in [3.63, 3.8) is 0 Å². The SMILES string of the molecule is CCN1C(=CC=C2CCC/C(=C\C=C3\N(CC)c4ccccc4C3(C)C)C2=O)C(C)(C)c2ccccc21. The van der Waals surface area contributed by atoms with Crippen LogP contribution in [0, 0.1) is 0 Å². The van der Waals surface area contributed by atoms with E-state index in [1.54, 1.807) is 0 Å². The predicted molar refractivity (Wildman–Crippen MR) is 156 cm³/mol. The Kier molecular flexibility index (Phi) is 6.52. The molecule has 3 nitrogen and oxygen atoms in total. The van der Waals surface area contributed by atoms with Gasteiger partial charge in [0.2, 0.25) is 0 Å². The van der Waals surface area contributed by atoms with Crippen molar-refractivity contribution in [1.29, 1.82) is 0 Å². The van der Waals surface area contributed by atoms with Gasteiger partial charge >= 0.3 is 0 Å². The van der Waals surface area contributed by atoms with Crippen LogP contribution in [0.3, 0.4) is 0 Å². The molecule has 0 bridgehead atoms. The zero-order valence-electron chi connectivity index (χ0n) is 23.3. The van der Waals surface area contributed by atoms with Crippen LogP contribution in [-0.4, -0.2) is 18.9 Å². The third-order valence-electron chi connectivity index (χ3n) is 8.59. The molecule has 0 radical (unpaired) electrons. The Balaban J connectivity index is 1.45. The summed E-state index contributed by atoms with van der Waals surface area (Å²) in [6.45, 7) is 15.4. The number of fused-ring (bicyclic) bond motifs is 2. The van der Waals surface area contributed by atoms with E-state index in [1.165, 1.54) is 33.9 Å². The first-order chi connectivity index (χ1) is 17.7. The largest absolute Gasteiger partial charge is 0.344 e. The molecule has 2 heterocycles. The highest BCUT2D eigenvalue weighted by molar-refractivity contribution is 6.09.